The molecule has 0 amide bonds. The Labute approximate surface area is 230 Å². The first-order valence-corrected chi connectivity index (χ1v) is 13.6. The van der Waals surface area contributed by atoms with E-state index in [1.54, 1.807) is 13.8 Å². The summed E-state index contributed by atoms with van der Waals surface area (Å²) in [4.78, 5) is 17.6. The van der Waals surface area contributed by atoms with Crippen molar-refractivity contribution in [2.24, 2.45) is 0 Å². The zero-order valence-electron chi connectivity index (χ0n) is 23.2. The molecule has 0 aliphatic carbocycles. The molecule has 4 aromatic rings. The third kappa shape index (κ3) is 7.29. The zero-order valence-corrected chi connectivity index (χ0v) is 23.2. The minimum Gasteiger partial charge on any atom is -0.493 e. The van der Waals surface area contributed by atoms with Crippen molar-refractivity contribution >= 4 is 5.97 Å². The summed E-state index contributed by atoms with van der Waals surface area (Å²) in [6.45, 7) is 8.43. The van der Waals surface area contributed by atoms with Crippen LogP contribution < -0.4 is 9.47 Å². The Kier molecular flexibility index (Phi) is 9.42. The Bertz CT molecular complexity index is 1350. The summed E-state index contributed by atoms with van der Waals surface area (Å²) in [5.74, 6) is 2.51. The topological polar surface area (TPSA) is 70.8 Å². The number of oxazole rings is 1. The number of aryl methyl sites for hydroxylation is 2. The van der Waals surface area contributed by atoms with Crippen LogP contribution in [-0.4, -0.2) is 29.8 Å². The Morgan fingerprint density at radius 1 is 0.949 bits per heavy atom. The van der Waals surface area contributed by atoms with Gasteiger partial charge in [0.2, 0.25) is 11.5 Å². The molecule has 6 heteroatoms. The van der Waals surface area contributed by atoms with Crippen LogP contribution in [0.25, 0.3) is 11.5 Å². The molecule has 0 saturated heterocycles. The second-order valence-electron chi connectivity index (χ2n) is 9.72. The molecule has 0 radical (unpaired) electrons. The Balaban J connectivity index is 1.47. The van der Waals surface area contributed by atoms with Crippen LogP contribution in [0.3, 0.4) is 0 Å². The zero-order chi connectivity index (χ0) is 27.7. The maximum atomic E-state index is 13.0. The number of esters is 1. The molecule has 0 aliphatic heterocycles. The van der Waals surface area contributed by atoms with Gasteiger partial charge in [0.25, 0.3) is 0 Å². The van der Waals surface area contributed by atoms with Gasteiger partial charge in [0.1, 0.15) is 17.3 Å². The highest BCUT2D eigenvalue weighted by molar-refractivity contribution is 5.80. The van der Waals surface area contributed by atoms with Crippen LogP contribution in [0.5, 0.6) is 11.5 Å². The number of aromatic nitrogens is 1. The van der Waals surface area contributed by atoms with Crippen LogP contribution in [0.15, 0.2) is 83.3 Å². The molecule has 0 aliphatic rings. The summed E-state index contributed by atoms with van der Waals surface area (Å²) in [6.07, 6.45) is 2.84. The fourth-order valence-corrected chi connectivity index (χ4v) is 4.54. The summed E-state index contributed by atoms with van der Waals surface area (Å²) < 4.78 is 23.7. The first kappa shape index (κ1) is 28.0. The average molecular weight is 528 g/mol. The van der Waals surface area contributed by atoms with Crippen molar-refractivity contribution in [1.82, 2.24) is 4.98 Å². The molecular formula is C33H37NO5. The second-order valence-corrected chi connectivity index (χ2v) is 9.72. The summed E-state index contributed by atoms with van der Waals surface area (Å²) in [5.41, 5.74) is 2.77. The number of benzene rings is 3. The Hall–Kier alpha value is -4.06. The Morgan fingerprint density at radius 2 is 1.67 bits per heavy atom. The first-order valence-electron chi connectivity index (χ1n) is 13.6. The van der Waals surface area contributed by atoms with E-state index >= 15 is 0 Å². The van der Waals surface area contributed by atoms with Crippen molar-refractivity contribution in [3.8, 4) is 23.0 Å². The lowest BCUT2D eigenvalue weighted by Gasteiger charge is -2.29. The average Bonchev–Trinajstić information content (AvgIpc) is 3.31. The number of carbonyl (C=O) groups excluding carboxylic acids is 1. The minimum absolute atomic E-state index is 0.290. The van der Waals surface area contributed by atoms with Gasteiger partial charge in [-0.15, -0.1) is 0 Å². The van der Waals surface area contributed by atoms with E-state index in [0.717, 1.165) is 46.7 Å². The fourth-order valence-electron chi connectivity index (χ4n) is 4.54. The molecule has 3 aromatic carbocycles. The number of nitrogens with zero attached hydrogens (tertiary/aromatic N) is 1. The van der Waals surface area contributed by atoms with E-state index < -0.39 is 5.60 Å². The van der Waals surface area contributed by atoms with E-state index in [0.29, 0.717) is 31.1 Å². The van der Waals surface area contributed by atoms with E-state index in [1.165, 1.54) is 0 Å². The van der Waals surface area contributed by atoms with Crippen LogP contribution in [-0.2, 0) is 28.8 Å². The van der Waals surface area contributed by atoms with Gasteiger partial charge in [-0.2, -0.15) is 0 Å². The number of ether oxygens (including phenoxy) is 3. The number of hydrogen-bond donors (Lipinski definition) is 0. The van der Waals surface area contributed by atoms with Crippen LogP contribution in [0.2, 0.25) is 0 Å². The standard InChI is InChI=1S/C33H37NO5/c1-5-13-27-22-25(23-33(4,32(35)36-6-2)39-28-16-11-8-12-17-28)18-19-30(27)37-21-20-29-24(3)38-31(34-29)26-14-9-7-10-15-26/h7-12,14-19,22H,5-6,13,20-21,23H2,1-4H3. The van der Waals surface area contributed by atoms with E-state index in [1.807, 2.05) is 79.7 Å². The number of carbonyl (C=O) groups is 1. The molecule has 0 fully saturated rings. The van der Waals surface area contributed by atoms with Gasteiger partial charge in [-0.25, -0.2) is 9.78 Å². The van der Waals surface area contributed by atoms with Crippen molar-refractivity contribution in [3.63, 3.8) is 0 Å². The molecule has 4 rings (SSSR count). The summed E-state index contributed by atoms with van der Waals surface area (Å²) in [6, 6.07) is 25.4. The minimum atomic E-state index is -1.16. The fraction of sp³-hybridized carbons (Fsp3) is 0.333. The third-order valence-corrected chi connectivity index (χ3v) is 6.49. The molecule has 1 unspecified atom stereocenters. The highest BCUT2D eigenvalue weighted by atomic mass is 16.6. The smallest absolute Gasteiger partial charge is 0.350 e. The summed E-state index contributed by atoms with van der Waals surface area (Å²) >= 11 is 0. The van der Waals surface area contributed by atoms with Crippen LogP contribution >= 0.6 is 0 Å². The van der Waals surface area contributed by atoms with Gasteiger partial charge in [0.15, 0.2) is 0 Å². The molecule has 6 nitrogen and oxygen atoms in total. The number of rotatable bonds is 13. The van der Waals surface area contributed by atoms with Gasteiger partial charge in [-0.1, -0.05) is 61.9 Å². The molecular weight excluding hydrogens is 490 g/mol. The lowest BCUT2D eigenvalue weighted by molar-refractivity contribution is -0.160. The third-order valence-electron chi connectivity index (χ3n) is 6.49. The van der Waals surface area contributed by atoms with Crippen LogP contribution in [0.1, 0.15) is 49.8 Å². The maximum absolute atomic E-state index is 13.0. The van der Waals surface area contributed by atoms with Crippen molar-refractivity contribution < 1.29 is 23.4 Å². The largest absolute Gasteiger partial charge is 0.493 e. The molecule has 1 heterocycles. The monoisotopic (exact) mass is 527 g/mol. The van der Waals surface area contributed by atoms with Gasteiger partial charge in [-0.3, -0.25) is 0 Å². The predicted octanol–water partition coefficient (Wildman–Crippen LogP) is 7.17. The second kappa shape index (κ2) is 13.1. The number of hydrogen-bond acceptors (Lipinski definition) is 6. The molecule has 0 bridgehead atoms. The van der Waals surface area contributed by atoms with E-state index in [-0.39, 0.29) is 12.6 Å². The molecule has 1 aromatic heterocycles. The molecule has 204 valence electrons. The van der Waals surface area contributed by atoms with Gasteiger partial charge in [0, 0.05) is 18.4 Å². The molecule has 0 spiro atoms. The molecule has 0 saturated carbocycles. The highest BCUT2D eigenvalue weighted by Crippen LogP contribution is 2.28. The molecule has 39 heavy (non-hydrogen) atoms. The number of para-hydroxylation sites is 1. The maximum Gasteiger partial charge on any atom is 0.350 e. The summed E-state index contributed by atoms with van der Waals surface area (Å²) in [5, 5.41) is 0. The van der Waals surface area contributed by atoms with E-state index in [4.69, 9.17) is 18.6 Å². The lowest BCUT2D eigenvalue weighted by Crippen LogP contribution is -2.45. The Morgan fingerprint density at radius 3 is 2.36 bits per heavy atom. The van der Waals surface area contributed by atoms with Gasteiger partial charge in [-0.05, 0) is 68.7 Å². The van der Waals surface area contributed by atoms with E-state index in [2.05, 4.69) is 18.0 Å². The van der Waals surface area contributed by atoms with Crippen molar-refractivity contribution in [2.45, 2.75) is 59.0 Å². The SMILES string of the molecule is CCCc1cc(CC(C)(Oc2ccccc2)C(=O)OCC)ccc1OCCc1nc(-c2ccccc2)oc1C. The van der Waals surface area contributed by atoms with Crippen LogP contribution in [0.4, 0.5) is 0 Å². The normalized spacial score (nSPS) is 12.5. The van der Waals surface area contributed by atoms with Gasteiger partial charge < -0.3 is 18.6 Å². The molecule has 1 atom stereocenters. The lowest BCUT2D eigenvalue weighted by atomic mass is 9.94. The highest BCUT2D eigenvalue weighted by Gasteiger charge is 2.38. The molecule has 0 N–H and O–H groups in total. The van der Waals surface area contributed by atoms with Crippen molar-refractivity contribution in [3.05, 3.63) is 101 Å². The van der Waals surface area contributed by atoms with E-state index in [9.17, 15) is 4.79 Å². The first-order chi connectivity index (χ1) is 18.9. The predicted molar refractivity (Wildman–Crippen MR) is 152 cm³/mol. The van der Waals surface area contributed by atoms with Crippen LogP contribution in [0, 0.1) is 6.92 Å². The van der Waals surface area contributed by atoms with Crippen molar-refractivity contribution in [2.75, 3.05) is 13.2 Å². The summed E-state index contributed by atoms with van der Waals surface area (Å²) in [7, 11) is 0. The van der Waals surface area contributed by atoms with Gasteiger partial charge in [0.05, 0.1) is 18.9 Å². The van der Waals surface area contributed by atoms with Gasteiger partial charge >= 0.3 is 5.97 Å². The quantitative estimate of drug-likeness (QED) is 0.172. The van der Waals surface area contributed by atoms with Crippen molar-refractivity contribution in [1.29, 1.82) is 0 Å².